The van der Waals surface area contributed by atoms with E-state index in [2.05, 4.69) is 17.2 Å². The van der Waals surface area contributed by atoms with E-state index in [9.17, 15) is 14.3 Å². The molecule has 0 saturated carbocycles. The minimum Gasteiger partial charge on any atom is -0.379 e. The van der Waals surface area contributed by atoms with Crippen LogP contribution in [0.5, 0.6) is 0 Å². The Balaban J connectivity index is 1.98. The Hall–Kier alpha value is -1.25. The molecule has 0 fully saturated rings. The first-order valence-electron chi connectivity index (χ1n) is 14.9. The summed E-state index contributed by atoms with van der Waals surface area (Å²) >= 11 is 0. The first kappa shape index (κ1) is 34.8. The highest BCUT2D eigenvalue weighted by atomic mass is 31.2. The number of carbonyl (C=O) groups is 1. The number of ether oxygens (including phenoxy) is 1. The molecule has 1 unspecified atom stereocenters. The number of amides is 1. The van der Waals surface area contributed by atoms with Gasteiger partial charge in [-0.3, -0.25) is 13.8 Å². The Morgan fingerprint density at radius 3 is 1.92 bits per heavy atom. The fraction of sp³-hybridized carbons (Fsp3) is 0.857. The zero-order valence-corrected chi connectivity index (χ0v) is 24.9. The zero-order chi connectivity index (χ0) is 27.7. The van der Waals surface area contributed by atoms with Crippen LogP contribution in [0.15, 0.2) is 18.7 Å². The van der Waals surface area contributed by atoms with Crippen LogP contribution < -0.4 is 5.32 Å². The number of hydrogen-bond donors (Lipinski definition) is 2. The minimum atomic E-state index is -4.23. The first-order chi connectivity index (χ1) is 18.4. The summed E-state index contributed by atoms with van der Waals surface area (Å²) in [4.78, 5) is 25.3. The summed E-state index contributed by atoms with van der Waals surface area (Å²) in [5, 5.41) is 2.70. The Morgan fingerprint density at radius 2 is 1.42 bits per heavy atom. The molecule has 222 valence electrons. The molecule has 1 aromatic rings. The maximum absolute atomic E-state index is 12.1. The van der Waals surface area contributed by atoms with Crippen molar-refractivity contribution in [2.24, 2.45) is 0 Å². The van der Waals surface area contributed by atoms with Crippen LogP contribution in [0.4, 0.5) is 0 Å². The molecular weight excluding hydrogens is 505 g/mol. The maximum Gasteiger partial charge on any atom is 0.472 e. The molecule has 1 amide bonds. The lowest BCUT2D eigenvalue weighted by Crippen LogP contribution is -2.40. The fourth-order valence-electron chi connectivity index (χ4n) is 4.30. The number of hydrogen-bond acceptors (Lipinski definition) is 6. The van der Waals surface area contributed by atoms with Gasteiger partial charge >= 0.3 is 7.82 Å². The topological polar surface area (TPSA) is 112 Å². The predicted molar refractivity (Wildman–Crippen MR) is 152 cm³/mol. The van der Waals surface area contributed by atoms with Crippen molar-refractivity contribution < 1.29 is 28.0 Å². The highest BCUT2D eigenvalue weighted by Gasteiger charge is 2.23. The molecular formula is C28H54N3O6P. The van der Waals surface area contributed by atoms with E-state index in [0.29, 0.717) is 13.2 Å². The lowest BCUT2D eigenvalue weighted by molar-refractivity contribution is -0.120. The number of nitrogens with zero attached hydrogens (tertiary/aromatic N) is 2. The highest BCUT2D eigenvalue weighted by molar-refractivity contribution is 7.47. The van der Waals surface area contributed by atoms with Crippen LogP contribution in [-0.2, 0) is 29.7 Å². The molecule has 1 aromatic heterocycles. The first-order valence-corrected chi connectivity index (χ1v) is 16.3. The molecule has 2 atom stereocenters. The van der Waals surface area contributed by atoms with Gasteiger partial charge in [-0.1, -0.05) is 103 Å². The lowest BCUT2D eigenvalue weighted by Gasteiger charge is -2.20. The van der Waals surface area contributed by atoms with E-state index >= 15 is 0 Å². The molecule has 0 aliphatic heterocycles. The lowest BCUT2D eigenvalue weighted by atomic mass is 10.0. The quantitative estimate of drug-likeness (QED) is 0.0900. The second kappa shape index (κ2) is 23.6. The van der Waals surface area contributed by atoms with Crippen LogP contribution in [-0.4, -0.2) is 52.8 Å². The Morgan fingerprint density at radius 1 is 0.868 bits per heavy atom. The largest absolute Gasteiger partial charge is 0.472 e. The highest BCUT2D eigenvalue weighted by Crippen LogP contribution is 2.43. The standard InChI is InChI=1S/C28H54N3O6P/c1-3-4-5-6-7-8-9-10-11-12-13-14-15-16-17-18-22-35-24-28(30-27(2)32)25-37-38(33,34)36-23-21-31-20-19-29-26-31/h19-20,26,28H,3-18,21-25H2,1-2H3,(H,30,32)(H,33,34)/t28-/m1/s1. The van der Waals surface area contributed by atoms with Gasteiger partial charge in [-0.25, -0.2) is 9.55 Å². The van der Waals surface area contributed by atoms with Gasteiger partial charge in [0.05, 0.1) is 32.2 Å². The molecule has 0 radical (unpaired) electrons. The number of imidazole rings is 1. The molecule has 38 heavy (non-hydrogen) atoms. The number of phosphoric ester groups is 1. The van der Waals surface area contributed by atoms with Crippen molar-refractivity contribution >= 4 is 13.7 Å². The third-order valence-corrected chi connectivity index (χ3v) is 7.45. The van der Waals surface area contributed by atoms with Crippen LogP contribution in [0.2, 0.25) is 0 Å². The van der Waals surface area contributed by atoms with Gasteiger partial charge in [0.15, 0.2) is 0 Å². The van der Waals surface area contributed by atoms with Crippen molar-refractivity contribution in [3.05, 3.63) is 18.7 Å². The Labute approximate surface area is 231 Å². The normalized spacial score (nSPS) is 13.9. The number of nitrogens with one attached hydrogen (secondary N) is 1. The molecule has 1 rings (SSSR count). The second-order valence-corrected chi connectivity index (χ2v) is 11.6. The number of carbonyl (C=O) groups excluding carboxylic acids is 1. The number of phosphoric acid groups is 1. The van der Waals surface area contributed by atoms with E-state index in [1.807, 2.05) is 0 Å². The molecule has 1 heterocycles. The van der Waals surface area contributed by atoms with Gasteiger partial charge in [0, 0.05) is 32.5 Å². The third-order valence-electron chi connectivity index (χ3n) is 6.47. The smallest absolute Gasteiger partial charge is 0.379 e. The summed E-state index contributed by atoms with van der Waals surface area (Å²) in [6.45, 7) is 4.68. The second-order valence-electron chi connectivity index (χ2n) is 10.2. The average molecular weight is 560 g/mol. The van der Waals surface area contributed by atoms with Gasteiger partial charge in [0.25, 0.3) is 0 Å². The monoisotopic (exact) mass is 559 g/mol. The average Bonchev–Trinajstić information content (AvgIpc) is 3.39. The van der Waals surface area contributed by atoms with Gasteiger partial charge in [-0.05, 0) is 6.42 Å². The fourth-order valence-corrected chi connectivity index (χ4v) is 5.05. The third kappa shape index (κ3) is 21.7. The van der Waals surface area contributed by atoms with E-state index in [1.165, 1.54) is 96.8 Å². The Kier molecular flexibility index (Phi) is 21.6. The zero-order valence-electron chi connectivity index (χ0n) is 24.0. The van der Waals surface area contributed by atoms with Crippen LogP contribution in [0.3, 0.4) is 0 Å². The van der Waals surface area contributed by atoms with Crippen molar-refractivity contribution in [2.45, 2.75) is 129 Å². The number of aromatic nitrogens is 2. The minimum absolute atomic E-state index is 0.00466. The van der Waals surface area contributed by atoms with Crippen molar-refractivity contribution in [1.29, 1.82) is 0 Å². The molecule has 0 bridgehead atoms. The van der Waals surface area contributed by atoms with Gasteiger partial charge in [0.1, 0.15) is 0 Å². The van der Waals surface area contributed by atoms with E-state index in [1.54, 1.807) is 23.3 Å². The molecule has 0 aliphatic carbocycles. The summed E-state index contributed by atoms with van der Waals surface area (Å²) in [6, 6.07) is -0.522. The van der Waals surface area contributed by atoms with Gasteiger partial charge in [-0.2, -0.15) is 0 Å². The molecule has 0 saturated heterocycles. The van der Waals surface area contributed by atoms with Crippen LogP contribution in [0.25, 0.3) is 0 Å². The Bertz CT molecular complexity index is 719. The van der Waals surface area contributed by atoms with Crippen LogP contribution in [0, 0.1) is 0 Å². The molecule has 0 spiro atoms. The molecule has 10 heteroatoms. The van der Waals surface area contributed by atoms with Gasteiger partial charge in [0.2, 0.25) is 5.91 Å². The van der Waals surface area contributed by atoms with Crippen molar-refractivity contribution in [2.75, 3.05) is 26.4 Å². The molecule has 9 nitrogen and oxygen atoms in total. The summed E-state index contributed by atoms with van der Waals surface area (Å²) in [5.41, 5.74) is 0. The van der Waals surface area contributed by atoms with Crippen LogP contribution in [0.1, 0.15) is 117 Å². The number of unbranched alkanes of at least 4 members (excludes halogenated alkanes) is 15. The number of rotatable bonds is 27. The van der Waals surface area contributed by atoms with Crippen LogP contribution >= 0.6 is 7.82 Å². The van der Waals surface area contributed by atoms with Gasteiger partial charge in [-0.15, -0.1) is 0 Å². The van der Waals surface area contributed by atoms with Crippen molar-refractivity contribution in [3.8, 4) is 0 Å². The van der Waals surface area contributed by atoms with Crippen molar-refractivity contribution in [1.82, 2.24) is 14.9 Å². The van der Waals surface area contributed by atoms with E-state index in [0.717, 1.165) is 12.8 Å². The maximum atomic E-state index is 12.1. The summed E-state index contributed by atoms with van der Waals surface area (Å²) in [6.07, 6.45) is 26.1. The predicted octanol–water partition coefficient (Wildman–Crippen LogP) is 6.80. The van der Waals surface area contributed by atoms with E-state index in [-0.39, 0.29) is 25.7 Å². The van der Waals surface area contributed by atoms with E-state index < -0.39 is 13.9 Å². The molecule has 0 aliphatic rings. The summed E-state index contributed by atoms with van der Waals surface area (Å²) < 4.78 is 29.6. The summed E-state index contributed by atoms with van der Waals surface area (Å²) in [7, 11) is -4.23. The molecule has 2 N–H and O–H groups in total. The van der Waals surface area contributed by atoms with Gasteiger partial charge < -0.3 is 19.5 Å². The van der Waals surface area contributed by atoms with Crippen molar-refractivity contribution in [3.63, 3.8) is 0 Å². The molecule has 0 aromatic carbocycles. The SMILES string of the molecule is CCCCCCCCCCCCCCCCCCOC[C@H](COP(=O)(O)OCCn1ccnc1)NC(C)=O. The summed E-state index contributed by atoms with van der Waals surface area (Å²) in [5.74, 6) is -0.251. The van der Waals surface area contributed by atoms with E-state index in [4.69, 9.17) is 13.8 Å².